The Bertz CT molecular complexity index is 1250. The van der Waals surface area contributed by atoms with E-state index in [0.29, 0.717) is 104 Å². The molecular formula is C36H52N4O10. The number of carbonyl (C=O) groups excluding carboxylic acids is 4. The maximum atomic E-state index is 13.3. The van der Waals surface area contributed by atoms with E-state index in [4.69, 9.17) is 28.4 Å². The average Bonchev–Trinajstić information content (AvgIpc) is 3.11. The topological polar surface area (TPSA) is 172 Å². The standard InChI is InChI=1S/C36H52N4O10/c1-45-17-19-49-23-21-47-15-3-11-37-13-9-33(41)39-27-5-7-29-31(25-27)35(43)30-8-6-28(26-32(30)36(29)44)40-34(42)10-14-38-12-4-16-48-22-24-50-20-18-46-2/h5-8,25-26,37-38H,3-4,9-24H2,1-2H3,(H,39,41)(H,40,42). The lowest BCUT2D eigenvalue weighted by Gasteiger charge is -2.19. The fraction of sp³-hybridized carbons (Fsp3) is 0.556. The zero-order valence-electron chi connectivity index (χ0n) is 29.3. The van der Waals surface area contributed by atoms with E-state index < -0.39 is 0 Å². The number of methoxy groups -OCH3 is 2. The van der Waals surface area contributed by atoms with E-state index >= 15 is 0 Å². The van der Waals surface area contributed by atoms with Crippen LogP contribution in [0.4, 0.5) is 11.4 Å². The van der Waals surface area contributed by atoms with Gasteiger partial charge in [-0.15, -0.1) is 0 Å². The Labute approximate surface area is 294 Å². The summed E-state index contributed by atoms with van der Waals surface area (Å²) in [6.07, 6.45) is 2.09. The smallest absolute Gasteiger partial charge is 0.225 e. The van der Waals surface area contributed by atoms with Crippen molar-refractivity contribution in [2.75, 3.05) is 117 Å². The van der Waals surface area contributed by atoms with Gasteiger partial charge in [-0.1, -0.05) is 0 Å². The SMILES string of the molecule is COCCOCCOCCCNCCC(=O)Nc1ccc2c(c1)C(=O)c1ccc(NC(=O)CCNCCCOCCOCCOC)cc1C2=O. The number of amides is 2. The number of rotatable bonds is 28. The van der Waals surface area contributed by atoms with Gasteiger partial charge in [0.05, 0.1) is 52.9 Å². The third-order valence-corrected chi connectivity index (χ3v) is 7.53. The largest absolute Gasteiger partial charge is 0.382 e. The van der Waals surface area contributed by atoms with Crippen molar-refractivity contribution in [2.24, 2.45) is 0 Å². The highest BCUT2D eigenvalue weighted by atomic mass is 16.5. The number of hydrogen-bond donors (Lipinski definition) is 4. The lowest BCUT2D eigenvalue weighted by atomic mass is 9.83. The molecule has 0 unspecified atom stereocenters. The molecule has 50 heavy (non-hydrogen) atoms. The van der Waals surface area contributed by atoms with Crippen LogP contribution in [0.5, 0.6) is 0 Å². The molecular weight excluding hydrogens is 648 g/mol. The number of anilines is 2. The zero-order valence-corrected chi connectivity index (χ0v) is 29.3. The first-order valence-corrected chi connectivity index (χ1v) is 17.1. The summed E-state index contributed by atoms with van der Waals surface area (Å²) in [6, 6.07) is 9.39. The van der Waals surface area contributed by atoms with Gasteiger partial charge in [-0.3, -0.25) is 19.2 Å². The first-order valence-electron chi connectivity index (χ1n) is 17.1. The van der Waals surface area contributed by atoms with Crippen molar-refractivity contribution in [3.63, 3.8) is 0 Å². The van der Waals surface area contributed by atoms with Crippen LogP contribution in [-0.2, 0) is 38.0 Å². The summed E-state index contributed by atoms with van der Waals surface area (Å²) >= 11 is 0. The van der Waals surface area contributed by atoms with Gasteiger partial charge in [0.2, 0.25) is 11.8 Å². The van der Waals surface area contributed by atoms with E-state index in [1.54, 1.807) is 38.5 Å². The monoisotopic (exact) mass is 700 g/mol. The van der Waals surface area contributed by atoms with E-state index in [0.717, 1.165) is 12.8 Å². The number of hydrogen-bond acceptors (Lipinski definition) is 12. The van der Waals surface area contributed by atoms with Crippen LogP contribution >= 0.6 is 0 Å². The molecule has 14 heteroatoms. The highest BCUT2D eigenvalue weighted by molar-refractivity contribution is 6.29. The van der Waals surface area contributed by atoms with Crippen LogP contribution in [-0.4, -0.2) is 130 Å². The van der Waals surface area contributed by atoms with Crippen molar-refractivity contribution in [2.45, 2.75) is 25.7 Å². The number of carbonyl (C=O) groups is 4. The maximum absolute atomic E-state index is 13.3. The molecule has 0 spiro atoms. The molecule has 3 rings (SSSR count). The minimum atomic E-state index is -0.319. The molecule has 0 saturated heterocycles. The molecule has 0 aliphatic heterocycles. The highest BCUT2D eigenvalue weighted by Gasteiger charge is 2.30. The summed E-state index contributed by atoms with van der Waals surface area (Å²) < 4.78 is 31.5. The Kier molecular flexibility index (Phi) is 20.0. The van der Waals surface area contributed by atoms with E-state index in [9.17, 15) is 19.2 Å². The van der Waals surface area contributed by atoms with Crippen LogP contribution in [0.25, 0.3) is 0 Å². The summed E-state index contributed by atoms with van der Waals surface area (Å²) in [7, 11) is 3.26. The molecule has 14 nitrogen and oxygen atoms in total. The van der Waals surface area contributed by atoms with E-state index in [-0.39, 0.29) is 58.5 Å². The molecule has 1 aliphatic rings. The summed E-state index contributed by atoms with van der Waals surface area (Å²) in [5.41, 5.74) is 1.83. The fourth-order valence-electron chi connectivity index (χ4n) is 4.93. The number of ether oxygens (including phenoxy) is 6. The summed E-state index contributed by atoms with van der Waals surface area (Å²) in [4.78, 5) is 51.7. The van der Waals surface area contributed by atoms with E-state index in [1.807, 2.05) is 0 Å². The second-order valence-electron chi connectivity index (χ2n) is 11.4. The maximum Gasteiger partial charge on any atom is 0.225 e. The molecule has 0 radical (unpaired) electrons. The second-order valence-corrected chi connectivity index (χ2v) is 11.4. The van der Waals surface area contributed by atoms with Crippen LogP contribution in [0, 0.1) is 0 Å². The summed E-state index contributed by atoms with van der Waals surface area (Å²) in [5.74, 6) is -1.06. The minimum absolute atomic E-state index is 0.211. The predicted octanol–water partition coefficient (Wildman–Crippen LogP) is 2.44. The number of ketones is 2. The van der Waals surface area contributed by atoms with Crippen LogP contribution < -0.4 is 21.3 Å². The Hall–Kier alpha value is -3.60. The Morgan fingerprint density at radius 1 is 0.500 bits per heavy atom. The molecule has 2 amide bonds. The van der Waals surface area contributed by atoms with E-state index in [2.05, 4.69) is 21.3 Å². The molecule has 0 fully saturated rings. The molecule has 0 aromatic heterocycles. The van der Waals surface area contributed by atoms with Crippen LogP contribution in [0.3, 0.4) is 0 Å². The average molecular weight is 701 g/mol. The molecule has 1 aliphatic carbocycles. The van der Waals surface area contributed by atoms with Crippen LogP contribution in [0.15, 0.2) is 36.4 Å². The molecule has 276 valence electrons. The van der Waals surface area contributed by atoms with Crippen molar-refractivity contribution >= 4 is 34.8 Å². The van der Waals surface area contributed by atoms with E-state index in [1.165, 1.54) is 12.1 Å². The van der Waals surface area contributed by atoms with Crippen LogP contribution in [0.2, 0.25) is 0 Å². The molecule has 0 atom stereocenters. The highest BCUT2D eigenvalue weighted by Crippen LogP contribution is 2.31. The molecule has 0 heterocycles. The number of benzene rings is 2. The first-order chi connectivity index (χ1) is 24.4. The molecule has 2 aromatic carbocycles. The first kappa shape index (κ1) is 40.8. The van der Waals surface area contributed by atoms with Crippen molar-refractivity contribution in [1.29, 1.82) is 0 Å². The summed E-state index contributed by atoms with van der Waals surface area (Å²) in [6.45, 7) is 7.90. The van der Waals surface area contributed by atoms with Crippen molar-refractivity contribution in [1.82, 2.24) is 10.6 Å². The van der Waals surface area contributed by atoms with Gasteiger partial charge in [0.25, 0.3) is 0 Å². The van der Waals surface area contributed by atoms with Crippen LogP contribution in [0.1, 0.15) is 57.5 Å². The summed E-state index contributed by atoms with van der Waals surface area (Å²) in [5, 5.41) is 12.0. The lowest BCUT2D eigenvalue weighted by Crippen LogP contribution is -2.25. The third kappa shape index (κ3) is 15.1. The van der Waals surface area contributed by atoms with Gasteiger partial charge in [-0.25, -0.2) is 0 Å². The van der Waals surface area contributed by atoms with Gasteiger partial charge in [0.15, 0.2) is 11.6 Å². The molecule has 0 bridgehead atoms. The zero-order chi connectivity index (χ0) is 35.8. The molecule has 2 aromatic rings. The van der Waals surface area contributed by atoms with Gasteiger partial charge >= 0.3 is 0 Å². The second kappa shape index (κ2) is 24.5. The minimum Gasteiger partial charge on any atom is -0.382 e. The third-order valence-electron chi connectivity index (χ3n) is 7.53. The predicted molar refractivity (Wildman–Crippen MR) is 188 cm³/mol. The van der Waals surface area contributed by atoms with Gasteiger partial charge in [-0.05, 0) is 62.3 Å². The van der Waals surface area contributed by atoms with Gasteiger partial charge in [0, 0.05) is 87.0 Å². The van der Waals surface area contributed by atoms with Gasteiger partial charge < -0.3 is 49.7 Å². The number of fused-ring (bicyclic) bond motifs is 2. The van der Waals surface area contributed by atoms with Crippen molar-refractivity contribution in [3.8, 4) is 0 Å². The Balaban J connectivity index is 1.34. The van der Waals surface area contributed by atoms with Crippen molar-refractivity contribution in [3.05, 3.63) is 58.7 Å². The quantitative estimate of drug-likeness (QED) is 0.0817. The lowest BCUT2D eigenvalue weighted by molar-refractivity contribution is -0.116. The number of nitrogens with one attached hydrogen (secondary N) is 4. The normalized spacial score (nSPS) is 12.1. The Morgan fingerprint density at radius 2 is 0.880 bits per heavy atom. The van der Waals surface area contributed by atoms with Gasteiger partial charge in [-0.2, -0.15) is 0 Å². The van der Waals surface area contributed by atoms with Gasteiger partial charge in [0.1, 0.15) is 0 Å². The van der Waals surface area contributed by atoms with Crippen molar-refractivity contribution < 1.29 is 47.6 Å². The molecule has 4 N–H and O–H groups in total. The fourth-order valence-corrected chi connectivity index (χ4v) is 4.93. The molecule has 0 saturated carbocycles. The Morgan fingerprint density at radius 3 is 1.28 bits per heavy atom.